The molecule has 0 spiro atoms. The summed E-state index contributed by atoms with van der Waals surface area (Å²) < 4.78 is 87.9. The zero-order chi connectivity index (χ0) is 27.6. The summed E-state index contributed by atoms with van der Waals surface area (Å²) in [6, 6.07) is 8.86. The van der Waals surface area contributed by atoms with Crippen LogP contribution in [-0.4, -0.2) is 22.0 Å². The highest BCUT2D eigenvalue weighted by Gasteiger charge is 2.38. The summed E-state index contributed by atoms with van der Waals surface area (Å²) in [6.45, 7) is -0.139. The fraction of sp³-hybridized carbons (Fsp3) is 0.320. The van der Waals surface area contributed by atoms with Crippen molar-refractivity contribution in [3.63, 3.8) is 0 Å². The summed E-state index contributed by atoms with van der Waals surface area (Å²) >= 11 is 5.84. The van der Waals surface area contributed by atoms with Gasteiger partial charge in [-0.05, 0) is 36.6 Å². The molecule has 0 aliphatic heterocycles. The molecule has 2 aromatic carbocycles. The van der Waals surface area contributed by atoms with E-state index in [2.05, 4.69) is 10.3 Å². The smallest absolute Gasteiger partial charge is 0.373 e. The number of aromatic amines is 1. The average molecular weight is 560 g/mol. The fourth-order valence-corrected chi connectivity index (χ4v) is 4.09. The van der Waals surface area contributed by atoms with E-state index in [0.717, 1.165) is 11.6 Å². The minimum Gasteiger partial charge on any atom is -0.373 e. The van der Waals surface area contributed by atoms with E-state index >= 15 is 4.39 Å². The summed E-state index contributed by atoms with van der Waals surface area (Å²) in [7, 11) is 0. The van der Waals surface area contributed by atoms with Gasteiger partial charge in [0.2, 0.25) is 5.91 Å². The quantitative estimate of drug-likeness (QED) is 0.342. The third kappa shape index (κ3) is 6.36. The molecular weight excluding hydrogens is 540 g/mol. The van der Waals surface area contributed by atoms with Crippen molar-refractivity contribution in [3.8, 4) is 11.4 Å². The second-order valence-electron chi connectivity index (χ2n) is 8.72. The monoisotopic (exact) mass is 559 g/mol. The Hall–Kier alpha value is -3.38. The number of alkyl halides is 5. The lowest BCUT2D eigenvalue weighted by molar-refractivity contribution is -0.137. The highest BCUT2D eigenvalue weighted by molar-refractivity contribution is 6.30. The van der Waals surface area contributed by atoms with E-state index in [1.807, 2.05) is 17.1 Å². The van der Waals surface area contributed by atoms with Gasteiger partial charge in [-0.2, -0.15) is 13.2 Å². The van der Waals surface area contributed by atoms with E-state index in [9.17, 15) is 31.5 Å². The molecule has 1 amide bonds. The van der Waals surface area contributed by atoms with Crippen LogP contribution in [-0.2, 0) is 28.9 Å². The molecular formula is C25H20ClF6N3O3. The van der Waals surface area contributed by atoms with Crippen molar-refractivity contribution in [1.82, 2.24) is 15.3 Å². The van der Waals surface area contributed by atoms with Gasteiger partial charge in [-0.1, -0.05) is 29.8 Å². The van der Waals surface area contributed by atoms with Crippen LogP contribution in [0.1, 0.15) is 41.7 Å². The molecule has 1 heterocycles. The van der Waals surface area contributed by atoms with Crippen molar-refractivity contribution in [2.75, 3.05) is 0 Å². The van der Waals surface area contributed by atoms with Crippen LogP contribution < -0.4 is 10.9 Å². The highest BCUT2D eigenvalue weighted by Crippen LogP contribution is 2.39. The molecule has 38 heavy (non-hydrogen) atoms. The first kappa shape index (κ1) is 27.6. The summed E-state index contributed by atoms with van der Waals surface area (Å²) in [5.74, 6) is -3.32. The number of halogens is 7. The van der Waals surface area contributed by atoms with Crippen LogP contribution in [0, 0.1) is 11.7 Å². The number of carbonyl (C=O) groups is 1. The summed E-state index contributed by atoms with van der Waals surface area (Å²) in [5, 5.41) is 3.07. The van der Waals surface area contributed by atoms with Gasteiger partial charge in [0, 0.05) is 29.1 Å². The minimum atomic E-state index is -5.08. The molecule has 6 nitrogen and oxygen atoms in total. The van der Waals surface area contributed by atoms with Crippen LogP contribution in [0.3, 0.4) is 0 Å². The second kappa shape index (κ2) is 11.2. The number of nitrogens with zero attached hydrogens (tertiary/aromatic N) is 1. The molecule has 0 saturated heterocycles. The topological polar surface area (TPSA) is 84.1 Å². The third-order valence-electron chi connectivity index (χ3n) is 6.07. The Kier molecular flexibility index (Phi) is 8.12. The molecule has 202 valence electrons. The van der Waals surface area contributed by atoms with Gasteiger partial charge in [-0.15, -0.1) is 0 Å². The van der Waals surface area contributed by atoms with E-state index in [1.54, 1.807) is 12.1 Å². The Morgan fingerprint density at radius 1 is 1.16 bits per heavy atom. The predicted octanol–water partition coefficient (Wildman–Crippen LogP) is 5.80. The molecule has 1 aliphatic carbocycles. The number of amides is 1. The van der Waals surface area contributed by atoms with Gasteiger partial charge in [0.05, 0.1) is 23.8 Å². The van der Waals surface area contributed by atoms with E-state index < -0.39 is 65.0 Å². The number of benzene rings is 2. The minimum absolute atomic E-state index is 0.166. The van der Waals surface area contributed by atoms with E-state index in [4.69, 9.17) is 16.3 Å². The van der Waals surface area contributed by atoms with E-state index in [-0.39, 0.29) is 11.7 Å². The number of nitrogens with one attached hydrogen (secondary N) is 2. The molecule has 1 aromatic heterocycles. The Bertz CT molecular complexity index is 1370. The second-order valence-corrected chi connectivity index (χ2v) is 9.16. The van der Waals surface area contributed by atoms with Crippen molar-refractivity contribution >= 4 is 17.5 Å². The van der Waals surface area contributed by atoms with Crippen LogP contribution in [0.15, 0.2) is 47.3 Å². The first-order valence-corrected chi connectivity index (χ1v) is 11.7. The van der Waals surface area contributed by atoms with Crippen LogP contribution in [0.2, 0.25) is 5.02 Å². The molecule has 3 aromatic rings. The molecule has 0 bridgehead atoms. The highest BCUT2D eigenvalue weighted by atomic mass is 35.5. The number of H-pyrrole nitrogens is 1. The van der Waals surface area contributed by atoms with Crippen molar-refractivity contribution in [1.29, 1.82) is 0 Å². The Morgan fingerprint density at radius 3 is 2.47 bits per heavy atom. The number of carbonyl (C=O) groups excluding carboxylic acids is 1. The lowest BCUT2D eigenvalue weighted by Gasteiger charge is -2.34. The van der Waals surface area contributed by atoms with E-state index in [0.29, 0.717) is 36.6 Å². The summed E-state index contributed by atoms with van der Waals surface area (Å²) in [6.07, 6.45) is -7.69. The molecule has 1 saturated carbocycles. The molecule has 1 aliphatic rings. The molecule has 0 atom stereocenters. The number of ether oxygens (including phenoxy) is 1. The first-order valence-electron chi connectivity index (χ1n) is 11.3. The maximum atomic E-state index is 15.3. The number of rotatable bonds is 8. The average Bonchev–Trinajstić information content (AvgIpc) is 2.82. The van der Waals surface area contributed by atoms with Crippen LogP contribution in [0.5, 0.6) is 0 Å². The van der Waals surface area contributed by atoms with Crippen molar-refractivity contribution < 1.29 is 35.9 Å². The maximum absolute atomic E-state index is 15.3. The summed E-state index contributed by atoms with van der Waals surface area (Å²) in [5.41, 5.74) is -4.42. The molecule has 0 radical (unpaired) electrons. The predicted molar refractivity (Wildman–Crippen MR) is 125 cm³/mol. The zero-order valence-electron chi connectivity index (χ0n) is 19.4. The molecule has 13 heteroatoms. The van der Waals surface area contributed by atoms with Crippen LogP contribution in [0.4, 0.5) is 26.3 Å². The van der Waals surface area contributed by atoms with Gasteiger partial charge in [0.25, 0.3) is 12.0 Å². The first-order chi connectivity index (χ1) is 17.9. The van der Waals surface area contributed by atoms with Crippen LogP contribution >= 0.6 is 11.6 Å². The Balaban J connectivity index is 1.44. The fourth-order valence-electron chi connectivity index (χ4n) is 3.97. The Morgan fingerprint density at radius 2 is 1.84 bits per heavy atom. The zero-order valence-corrected chi connectivity index (χ0v) is 20.2. The van der Waals surface area contributed by atoms with Crippen molar-refractivity contribution in [2.45, 2.75) is 44.7 Å². The number of aromatic nitrogens is 2. The van der Waals surface area contributed by atoms with E-state index in [1.165, 1.54) is 0 Å². The van der Waals surface area contributed by atoms with Gasteiger partial charge in [-0.25, -0.2) is 18.2 Å². The Labute approximate surface area is 217 Å². The molecule has 4 rings (SSSR count). The third-order valence-corrected chi connectivity index (χ3v) is 6.32. The normalized spacial score (nSPS) is 17.4. The number of hydrogen-bond acceptors (Lipinski definition) is 4. The maximum Gasteiger partial charge on any atom is 0.417 e. The molecule has 0 unspecified atom stereocenters. The summed E-state index contributed by atoms with van der Waals surface area (Å²) in [4.78, 5) is 29.4. The van der Waals surface area contributed by atoms with Crippen molar-refractivity contribution in [2.24, 2.45) is 5.92 Å². The lowest BCUT2D eigenvalue weighted by atomic mass is 9.81. The molecule has 2 N–H and O–H groups in total. The largest absolute Gasteiger partial charge is 0.417 e. The standard InChI is InChI=1S/C25H20ClF6N3O3/c26-15-4-1-12(2-5-15)11-38-16-7-14(8-16)24(37)33-10-13-3-6-17(25(30,31)32)20(21(13)27)23-34-18(22(28)29)9-19(36)35-23/h1-6,9,14,16,22H,7-8,10-11H2,(H,33,37)(H,34,35,36). The van der Waals surface area contributed by atoms with Crippen LogP contribution in [0.25, 0.3) is 11.4 Å². The lowest BCUT2D eigenvalue weighted by Crippen LogP contribution is -2.42. The SMILES string of the molecule is O=C(NCc1ccc(C(F)(F)F)c(-c2nc(C(F)F)cc(=O)[nH]2)c1F)C1CC(OCc2ccc(Cl)cc2)C1. The van der Waals surface area contributed by atoms with Gasteiger partial charge in [-0.3, -0.25) is 9.59 Å². The van der Waals surface area contributed by atoms with Crippen molar-refractivity contribution in [3.05, 3.63) is 86.0 Å². The van der Waals surface area contributed by atoms with Gasteiger partial charge >= 0.3 is 6.18 Å². The molecule has 1 fully saturated rings. The van der Waals surface area contributed by atoms with Gasteiger partial charge < -0.3 is 15.0 Å². The van der Waals surface area contributed by atoms with Gasteiger partial charge in [0.1, 0.15) is 17.3 Å². The number of hydrogen-bond donors (Lipinski definition) is 2. The van der Waals surface area contributed by atoms with Gasteiger partial charge in [0.15, 0.2) is 0 Å².